The van der Waals surface area contributed by atoms with Crippen molar-refractivity contribution in [2.24, 2.45) is 0 Å². The number of hydrogen-bond acceptors (Lipinski definition) is 2. The molecule has 1 aliphatic heterocycles. The second-order valence-electron chi connectivity index (χ2n) is 4.20. The summed E-state index contributed by atoms with van der Waals surface area (Å²) in [5, 5.41) is 0. The van der Waals surface area contributed by atoms with Gasteiger partial charge >= 0.3 is 0 Å². The molecule has 0 N–H and O–H groups in total. The molecular weight excluding hydrogens is 318 g/mol. The standard InChI is InChI=1S/C13H13BrClNO2/c14-9-4-5-11-10(8-9)12(17)13(18)16(11)7-3-1-2-6-15/h4-5,8H,1-3,6-7H2. The van der Waals surface area contributed by atoms with Gasteiger partial charge in [-0.3, -0.25) is 9.59 Å². The highest BCUT2D eigenvalue weighted by Crippen LogP contribution is 2.31. The molecule has 3 nitrogen and oxygen atoms in total. The first kappa shape index (κ1) is 13.6. The third kappa shape index (κ3) is 2.59. The summed E-state index contributed by atoms with van der Waals surface area (Å²) in [7, 11) is 0. The topological polar surface area (TPSA) is 37.4 Å². The Hall–Kier alpha value is -0.870. The number of carbonyl (C=O) groups excluding carboxylic acids is 2. The molecule has 1 aromatic rings. The number of rotatable bonds is 5. The Morgan fingerprint density at radius 1 is 1.17 bits per heavy atom. The van der Waals surface area contributed by atoms with Crippen LogP contribution in [0.15, 0.2) is 22.7 Å². The second-order valence-corrected chi connectivity index (χ2v) is 5.49. The van der Waals surface area contributed by atoms with E-state index in [4.69, 9.17) is 11.6 Å². The Morgan fingerprint density at radius 2 is 1.94 bits per heavy atom. The van der Waals surface area contributed by atoms with Crippen LogP contribution < -0.4 is 4.90 Å². The third-order valence-corrected chi connectivity index (χ3v) is 3.71. The van der Waals surface area contributed by atoms with Crippen LogP contribution in [0.5, 0.6) is 0 Å². The highest BCUT2D eigenvalue weighted by molar-refractivity contribution is 9.10. The predicted octanol–water partition coefficient (Wildman–Crippen LogP) is 3.39. The van der Waals surface area contributed by atoms with Crippen molar-refractivity contribution in [3.05, 3.63) is 28.2 Å². The van der Waals surface area contributed by atoms with Gasteiger partial charge < -0.3 is 4.90 Å². The Labute approximate surface area is 119 Å². The van der Waals surface area contributed by atoms with Crippen LogP contribution in [0.25, 0.3) is 0 Å². The van der Waals surface area contributed by atoms with E-state index in [1.807, 2.05) is 12.1 Å². The fourth-order valence-electron chi connectivity index (χ4n) is 2.04. The first-order valence-electron chi connectivity index (χ1n) is 5.87. The fourth-order valence-corrected chi connectivity index (χ4v) is 2.59. The molecule has 0 saturated heterocycles. The van der Waals surface area contributed by atoms with Gasteiger partial charge in [-0.1, -0.05) is 22.4 Å². The molecule has 0 unspecified atom stereocenters. The van der Waals surface area contributed by atoms with Crippen molar-refractivity contribution in [1.82, 2.24) is 0 Å². The van der Waals surface area contributed by atoms with Gasteiger partial charge in [-0.05, 0) is 31.0 Å². The van der Waals surface area contributed by atoms with Crippen LogP contribution in [-0.4, -0.2) is 24.1 Å². The summed E-state index contributed by atoms with van der Waals surface area (Å²) in [4.78, 5) is 25.3. The van der Waals surface area contributed by atoms with Gasteiger partial charge in [0.1, 0.15) is 0 Å². The number of benzene rings is 1. The number of unbranched alkanes of at least 4 members (excludes halogenated alkanes) is 2. The molecule has 96 valence electrons. The van der Waals surface area contributed by atoms with Crippen LogP contribution in [0.3, 0.4) is 0 Å². The number of Topliss-reactive ketones (excluding diaryl/α,β-unsaturated/α-hetero) is 1. The monoisotopic (exact) mass is 329 g/mol. The number of anilines is 1. The number of alkyl halides is 1. The lowest BCUT2D eigenvalue weighted by Crippen LogP contribution is -2.30. The smallest absolute Gasteiger partial charge is 0.299 e. The lowest BCUT2D eigenvalue weighted by atomic mass is 10.1. The summed E-state index contributed by atoms with van der Waals surface area (Å²) in [5.41, 5.74) is 1.21. The van der Waals surface area contributed by atoms with Gasteiger partial charge in [0.2, 0.25) is 0 Å². The first-order valence-corrected chi connectivity index (χ1v) is 7.19. The van der Waals surface area contributed by atoms with Crippen LogP contribution in [-0.2, 0) is 4.79 Å². The third-order valence-electron chi connectivity index (χ3n) is 2.95. The lowest BCUT2D eigenvalue weighted by molar-refractivity contribution is -0.114. The second kappa shape index (κ2) is 5.85. The fraction of sp³-hybridized carbons (Fsp3) is 0.385. The summed E-state index contributed by atoms with van der Waals surface area (Å²) in [5.74, 6) is -0.200. The molecule has 1 heterocycles. The van der Waals surface area contributed by atoms with E-state index >= 15 is 0 Å². The van der Waals surface area contributed by atoms with Crippen LogP contribution in [0.2, 0.25) is 0 Å². The number of ketones is 1. The number of hydrogen-bond donors (Lipinski definition) is 0. The minimum absolute atomic E-state index is 0.413. The van der Waals surface area contributed by atoms with Crippen LogP contribution in [0, 0.1) is 0 Å². The summed E-state index contributed by atoms with van der Waals surface area (Å²) in [6.07, 6.45) is 2.76. The van der Waals surface area contributed by atoms with E-state index in [1.165, 1.54) is 0 Å². The molecular formula is C13H13BrClNO2. The molecule has 0 aliphatic carbocycles. The summed E-state index contributed by atoms with van der Waals surface area (Å²) < 4.78 is 0.811. The van der Waals surface area contributed by atoms with Gasteiger partial charge in [0, 0.05) is 16.9 Å². The zero-order valence-corrected chi connectivity index (χ0v) is 12.1. The average Bonchev–Trinajstić information content (AvgIpc) is 2.59. The molecule has 0 bridgehead atoms. The number of halogens is 2. The van der Waals surface area contributed by atoms with Gasteiger partial charge in [0.05, 0.1) is 11.3 Å². The van der Waals surface area contributed by atoms with E-state index in [0.717, 1.165) is 29.4 Å². The molecule has 1 aromatic carbocycles. The number of nitrogens with zero attached hydrogens (tertiary/aromatic N) is 1. The average molecular weight is 331 g/mol. The maximum absolute atomic E-state index is 11.9. The summed E-state index contributed by atoms with van der Waals surface area (Å²) >= 11 is 8.92. The van der Waals surface area contributed by atoms with Crippen molar-refractivity contribution in [3.8, 4) is 0 Å². The number of carbonyl (C=O) groups is 2. The zero-order chi connectivity index (χ0) is 13.1. The van der Waals surface area contributed by atoms with Crippen molar-refractivity contribution in [2.75, 3.05) is 17.3 Å². The Balaban J connectivity index is 2.13. The van der Waals surface area contributed by atoms with E-state index in [-0.39, 0.29) is 0 Å². The Kier molecular flexibility index (Phi) is 4.40. The van der Waals surface area contributed by atoms with E-state index in [9.17, 15) is 9.59 Å². The number of amides is 1. The van der Waals surface area contributed by atoms with Crippen molar-refractivity contribution in [3.63, 3.8) is 0 Å². The molecule has 5 heteroatoms. The molecule has 0 aromatic heterocycles. The predicted molar refractivity (Wildman–Crippen MR) is 75.4 cm³/mol. The molecule has 18 heavy (non-hydrogen) atoms. The minimum atomic E-state index is -0.422. The SMILES string of the molecule is O=C1C(=O)N(CCCCCCl)c2ccc(Br)cc21. The normalized spacial score (nSPS) is 14.2. The van der Waals surface area contributed by atoms with Gasteiger partial charge in [-0.2, -0.15) is 0 Å². The molecule has 0 fully saturated rings. The van der Waals surface area contributed by atoms with Crippen molar-refractivity contribution in [1.29, 1.82) is 0 Å². The Morgan fingerprint density at radius 3 is 2.67 bits per heavy atom. The maximum Gasteiger partial charge on any atom is 0.299 e. The van der Waals surface area contributed by atoms with E-state index in [1.54, 1.807) is 11.0 Å². The van der Waals surface area contributed by atoms with Crippen molar-refractivity contribution in [2.45, 2.75) is 19.3 Å². The van der Waals surface area contributed by atoms with Crippen LogP contribution >= 0.6 is 27.5 Å². The summed E-state index contributed by atoms with van der Waals surface area (Å²) in [6, 6.07) is 5.36. The van der Waals surface area contributed by atoms with Gasteiger partial charge in [-0.25, -0.2) is 0 Å². The Bertz CT molecular complexity index is 490. The quantitative estimate of drug-likeness (QED) is 0.471. The molecule has 1 amide bonds. The van der Waals surface area contributed by atoms with Gasteiger partial charge in [-0.15, -0.1) is 11.6 Å². The van der Waals surface area contributed by atoms with Crippen molar-refractivity contribution < 1.29 is 9.59 Å². The minimum Gasteiger partial charge on any atom is -0.305 e. The van der Waals surface area contributed by atoms with E-state index < -0.39 is 11.7 Å². The highest BCUT2D eigenvalue weighted by Gasteiger charge is 2.35. The lowest BCUT2D eigenvalue weighted by Gasteiger charge is -2.16. The number of fused-ring (bicyclic) bond motifs is 1. The molecule has 1 aliphatic rings. The first-order chi connectivity index (χ1) is 8.65. The largest absolute Gasteiger partial charge is 0.305 e. The van der Waals surface area contributed by atoms with E-state index in [0.29, 0.717) is 18.0 Å². The van der Waals surface area contributed by atoms with Gasteiger partial charge in [0.15, 0.2) is 0 Å². The maximum atomic E-state index is 11.9. The molecule has 0 radical (unpaired) electrons. The molecule has 0 saturated carbocycles. The summed E-state index contributed by atoms with van der Waals surface area (Å²) in [6.45, 7) is 0.579. The van der Waals surface area contributed by atoms with Crippen LogP contribution in [0.1, 0.15) is 29.6 Å². The van der Waals surface area contributed by atoms with Crippen molar-refractivity contribution >= 4 is 44.9 Å². The van der Waals surface area contributed by atoms with E-state index in [2.05, 4.69) is 15.9 Å². The highest BCUT2D eigenvalue weighted by atomic mass is 79.9. The molecule has 0 atom stereocenters. The zero-order valence-electron chi connectivity index (χ0n) is 9.79. The molecule has 2 rings (SSSR count). The molecule has 0 spiro atoms. The van der Waals surface area contributed by atoms with Gasteiger partial charge in [0.25, 0.3) is 11.7 Å². The van der Waals surface area contributed by atoms with Crippen LogP contribution in [0.4, 0.5) is 5.69 Å².